The van der Waals surface area contributed by atoms with E-state index >= 15 is 0 Å². The summed E-state index contributed by atoms with van der Waals surface area (Å²) in [6.07, 6.45) is 8.02. The first-order valence-electron chi connectivity index (χ1n) is 5.31. The molecule has 1 unspecified atom stereocenters. The van der Waals surface area contributed by atoms with E-state index in [-0.39, 0.29) is 17.9 Å². The summed E-state index contributed by atoms with van der Waals surface area (Å²) in [6, 6.07) is -1.48. The van der Waals surface area contributed by atoms with Crippen molar-refractivity contribution in [3.05, 3.63) is 0 Å². The summed E-state index contributed by atoms with van der Waals surface area (Å²) in [4.78, 5) is 28.7. The summed E-state index contributed by atoms with van der Waals surface area (Å²) in [7, 11) is 1.73. The van der Waals surface area contributed by atoms with Crippen molar-refractivity contribution in [2.75, 3.05) is 7.05 Å². The number of aliphatic carboxylic acids is 1. The molecule has 0 aromatic rings. The Balaban J connectivity index is 2.73. The third-order valence-corrected chi connectivity index (χ3v) is 3.12. The summed E-state index contributed by atoms with van der Waals surface area (Å²) in [5, 5.41) is 9.08. The molecule has 0 saturated carbocycles. The first kappa shape index (κ1) is 13.5. The van der Waals surface area contributed by atoms with E-state index < -0.39 is 12.0 Å². The molecule has 2 N–H and O–H groups in total. The average molecular weight is 240 g/mol. The highest BCUT2D eigenvalue weighted by Crippen LogP contribution is 2.25. The Bertz CT molecular complexity index is 350. The van der Waals surface area contributed by atoms with Crippen LogP contribution in [0, 0.1) is 12.5 Å². The number of carboxylic acids is 1. The van der Waals surface area contributed by atoms with Crippen LogP contribution >= 0.6 is 0 Å². The molecule has 1 rings (SSSR count). The number of rotatable bonds is 5. The van der Waals surface area contributed by atoms with Crippen LogP contribution in [0.4, 0.5) is 0 Å². The maximum absolute atomic E-state index is 11.3. The topological polar surface area (TPSA) is 78.9 Å². The molecule has 0 bridgehead atoms. The van der Waals surface area contributed by atoms with Crippen LogP contribution in [0.2, 0.25) is 0 Å². The van der Waals surface area contributed by atoms with Crippen LogP contribution in [0.1, 0.15) is 19.8 Å². The van der Waals surface area contributed by atoms with Crippen LogP contribution in [0.25, 0.3) is 0 Å². The Kier molecular flexibility index (Phi) is 4.49. The number of hydroxylamine groups is 1. The molecular formula is C11H16N2O4. The fraction of sp³-hybridized carbons (Fsp3) is 0.636. The van der Waals surface area contributed by atoms with Gasteiger partial charge in [0.25, 0.3) is 0 Å². The van der Waals surface area contributed by atoms with Crippen LogP contribution in [0.15, 0.2) is 0 Å². The summed E-state index contributed by atoms with van der Waals surface area (Å²) in [5.74, 6) is -1.02. The number of terminal acetylenes is 1. The smallest absolute Gasteiger partial charge is 0.325 e. The lowest BCUT2D eigenvalue weighted by Crippen LogP contribution is -2.52. The number of carboxylic acid groups (broad SMARTS) is 1. The molecule has 0 aromatic carbocycles. The highest BCUT2D eigenvalue weighted by Gasteiger charge is 2.41. The standard InChI is InChI=1S/C11H16N2O4/c1-4-17-12-10(11(15)16)9-6-5-8(7(2)14)13(9)3/h1,8-10,12H,5-6H2,2-3H3,(H,15,16)/t8-,9-,10?/m1/s1. The number of nitrogens with one attached hydrogen (secondary N) is 1. The Morgan fingerprint density at radius 1 is 1.59 bits per heavy atom. The summed E-state index contributed by atoms with van der Waals surface area (Å²) < 4.78 is 0. The number of hydrogen-bond donors (Lipinski definition) is 2. The van der Waals surface area contributed by atoms with E-state index in [0.717, 1.165) is 0 Å². The molecule has 1 aliphatic heterocycles. The molecule has 1 aliphatic rings. The predicted octanol–water partition coefficient (Wildman–Crippen LogP) is -0.397. The fourth-order valence-electron chi connectivity index (χ4n) is 2.25. The minimum atomic E-state index is -1.05. The van der Waals surface area contributed by atoms with Crippen molar-refractivity contribution >= 4 is 11.8 Å². The molecule has 6 heteroatoms. The number of carbonyl (C=O) groups is 2. The number of ketones is 1. The molecule has 0 spiro atoms. The molecule has 17 heavy (non-hydrogen) atoms. The largest absolute Gasteiger partial charge is 0.480 e. The third-order valence-electron chi connectivity index (χ3n) is 3.12. The molecular weight excluding hydrogens is 224 g/mol. The predicted molar refractivity (Wildman–Crippen MR) is 59.7 cm³/mol. The van der Waals surface area contributed by atoms with Crippen molar-refractivity contribution < 1.29 is 19.5 Å². The van der Waals surface area contributed by atoms with Gasteiger partial charge in [0.15, 0.2) is 6.04 Å². The van der Waals surface area contributed by atoms with Gasteiger partial charge >= 0.3 is 5.97 Å². The number of hydrogen-bond acceptors (Lipinski definition) is 5. The van der Waals surface area contributed by atoms with Gasteiger partial charge in [-0.3, -0.25) is 14.5 Å². The average Bonchev–Trinajstić information content (AvgIpc) is 2.61. The van der Waals surface area contributed by atoms with Crippen molar-refractivity contribution in [2.24, 2.45) is 0 Å². The van der Waals surface area contributed by atoms with E-state index in [1.807, 2.05) is 6.11 Å². The minimum Gasteiger partial charge on any atom is -0.480 e. The molecule has 0 amide bonds. The van der Waals surface area contributed by atoms with Crippen LogP contribution in [-0.2, 0) is 14.4 Å². The highest BCUT2D eigenvalue weighted by atomic mass is 16.6. The van der Waals surface area contributed by atoms with Crippen molar-refractivity contribution in [1.29, 1.82) is 0 Å². The van der Waals surface area contributed by atoms with Gasteiger partial charge in [0.2, 0.25) is 0 Å². The zero-order valence-electron chi connectivity index (χ0n) is 9.84. The lowest BCUT2D eigenvalue weighted by atomic mass is 10.1. The molecule has 94 valence electrons. The Labute approximate surface area is 99.9 Å². The lowest BCUT2D eigenvalue weighted by Gasteiger charge is -2.28. The Morgan fingerprint density at radius 3 is 2.65 bits per heavy atom. The second-order valence-corrected chi connectivity index (χ2v) is 4.09. The first-order chi connectivity index (χ1) is 7.99. The van der Waals surface area contributed by atoms with E-state index in [9.17, 15) is 9.59 Å². The van der Waals surface area contributed by atoms with Gasteiger partial charge in [-0.05, 0) is 26.8 Å². The fourth-order valence-corrected chi connectivity index (χ4v) is 2.25. The first-order valence-corrected chi connectivity index (χ1v) is 5.31. The number of nitrogens with zero attached hydrogens (tertiary/aromatic N) is 1. The van der Waals surface area contributed by atoms with Crippen LogP contribution in [0.5, 0.6) is 0 Å². The number of likely N-dealkylation sites (N-methyl/N-ethyl adjacent to an activating group) is 1. The number of carbonyl (C=O) groups excluding carboxylic acids is 1. The molecule has 1 heterocycles. The van der Waals surface area contributed by atoms with Crippen molar-refractivity contribution in [3.63, 3.8) is 0 Å². The molecule has 0 radical (unpaired) electrons. The van der Waals surface area contributed by atoms with Crippen molar-refractivity contribution in [3.8, 4) is 12.5 Å². The quantitative estimate of drug-likeness (QED) is 0.503. The monoisotopic (exact) mass is 240 g/mol. The molecule has 0 aromatic heterocycles. The lowest BCUT2D eigenvalue weighted by molar-refractivity contribution is -0.145. The van der Waals surface area contributed by atoms with Gasteiger partial charge < -0.3 is 9.94 Å². The van der Waals surface area contributed by atoms with Crippen LogP contribution in [0.3, 0.4) is 0 Å². The van der Waals surface area contributed by atoms with E-state index in [2.05, 4.69) is 10.3 Å². The summed E-state index contributed by atoms with van der Waals surface area (Å²) in [5.41, 5.74) is 2.31. The van der Waals surface area contributed by atoms with E-state index in [4.69, 9.17) is 11.5 Å². The van der Waals surface area contributed by atoms with Crippen LogP contribution < -0.4 is 5.48 Å². The summed E-state index contributed by atoms with van der Waals surface area (Å²) in [6.45, 7) is 1.50. The van der Waals surface area contributed by atoms with Gasteiger partial charge in [-0.25, -0.2) is 0 Å². The van der Waals surface area contributed by atoms with Gasteiger partial charge in [0.1, 0.15) is 11.9 Å². The molecule has 0 aliphatic carbocycles. The Morgan fingerprint density at radius 2 is 2.24 bits per heavy atom. The Hall–Kier alpha value is -1.58. The van der Waals surface area contributed by atoms with E-state index in [1.165, 1.54) is 6.92 Å². The maximum atomic E-state index is 11.3. The molecule has 1 saturated heterocycles. The number of Topliss-reactive ketones (excluding diaryl/α,β-unsaturated/α-hetero) is 1. The summed E-state index contributed by atoms with van der Waals surface area (Å²) >= 11 is 0. The maximum Gasteiger partial charge on any atom is 0.325 e. The van der Waals surface area contributed by atoms with E-state index in [0.29, 0.717) is 12.8 Å². The van der Waals surface area contributed by atoms with Gasteiger partial charge in [0, 0.05) is 6.04 Å². The van der Waals surface area contributed by atoms with Gasteiger partial charge in [-0.1, -0.05) is 6.42 Å². The van der Waals surface area contributed by atoms with Crippen molar-refractivity contribution in [1.82, 2.24) is 10.4 Å². The van der Waals surface area contributed by atoms with E-state index in [1.54, 1.807) is 11.9 Å². The zero-order chi connectivity index (χ0) is 13.0. The second kappa shape index (κ2) is 5.66. The zero-order valence-corrected chi connectivity index (χ0v) is 9.84. The van der Waals surface area contributed by atoms with Gasteiger partial charge in [0.05, 0.1) is 6.04 Å². The third kappa shape index (κ3) is 2.96. The second-order valence-electron chi connectivity index (χ2n) is 4.09. The molecule has 6 nitrogen and oxygen atoms in total. The number of likely N-dealkylation sites (tertiary alicyclic amines) is 1. The SMILES string of the molecule is C#CONC(C(=O)O)[C@H]1CC[C@H](C(C)=O)N1C. The van der Waals surface area contributed by atoms with Crippen molar-refractivity contribution in [2.45, 2.75) is 37.9 Å². The van der Waals surface area contributed by atoms with Gasteiger partial charge in [-0.2, -0.15) is 0 Å². The van der Waals surface area contributed by atoms with Gasteiger partial charge in [-0.15, -0.1) is 5.48 Å². The highest BCUT2D eigenvalue weighted by molar-refractivity contribution is 5.82. The minimum absolute atomic E-state index is 0.0389. The molecule has 1 fully saturated rings. The van der Waals surface area contributed by atoms with Crippen LogP contribution in [-0.4, -0.2) is 46.9 Å². The normalized spacial score (nSPS) is 26.2. The molecule has 3 atom stereocenters.